The number of aromatic nitrogens is 1. The lowest BCUT2D eigenvalue weighted by Gasteiger charge is -2.10. The number of benzene rings is 1. The molecule has 0 radical (unpaired) electrons. The predicted octanol–water partition coefficient (Wildman–Crippen LogP) is 2.67. The second-order valence-electron chi connectivity index (χ2n) is 5.45. The Hall–Kier alpha value is -2.61. The van der Waals surface area contributed by atoms with Gasteiger partial charge >= 0.3 is 0 Å². The smallest absolute Gasteiger partial charge is 0.276 e. The average Bonchev–Trinajstić information content (AvgIpc) is 2.58. The van der Waals surface area contributed by atoms with Crippen LogP contribution in [-0.2, 0) is 0 Å². The van der Waals surface area contributed by atoms with Crippen molar-refractivity contribution in [3.05, 3.63) is 56.4 Å². The van der Waals surface area contributed by atoms with Gasteiger partial charge in [-0.15, -0.1) is 0 Å². The van der Waals surface area contributed by atoms with Crippen LogP contribution in [0.15, 0.2) is 44.8 Å². The number of phenolic OH excluding ortho intramolecular Hbond substituents is 1. The maximum Gasteiger partial charge on any atom is 0.276 e. The molecule has 0 aliphatic rings. The molecular weight excluding hydrogens is 390 g/mol. The Morgan fingerprint density at radius 1 is 1.40 bits per heavy atom. The summed E-state index contributed by atoms with van der Waals surface area (Å²) in [7, 11) is 1.44. The van der Waals surface area contributed by atoms with Crippen molar-refractivity contribution in [1.29, 1.82) is 0 Å². The van der Waals surface area contributed by atoms with E-state index in [1.54, 1.807) is 24.4 Å². The Kier molecular flexibility index (Phi) is 5.97. The van der Waals surface area contributed by atoms with Crippen molar-refractivity contribution in [1.82, 2.24) is 9.99 Å². The number of ether oxygens (including phenoxy) is 1. The number of hydrogen-bond donors (Lipinski definition) is 2. The SMILES string of the molecule is COc1ccc(/C=N\NC(=O)c2cccn(C(C)C)c2=O)c(Br)c1O. The molecule has 1 aromatic heterocycles. The van der Waals surface area contributed by atoms with Crippen molar-refractivity contribution in [2.75, 3.05) is 7.11 Å². The van der Waals surface area contributed by atoms with Crippen LogP contribution in [0.2, 0.25) is 0 Å². The van der Waals surface area contributed by atoms with Crippen LogP contribution < -0.4 is 15.7 Å². The molecule has 7 nitrogen and oxygen atoms in total. The molecule has 0 unspecified atom stereocenters. The van der Waals surface area contributed by atoms with E-state index in [1.165, 1.54) is 24.0 Å². The van der Waals surface area contributed by atoms with E-state index < -0.39 is 5.91 Å². The number of nitrogens with one attached hydrogen (secondary N) is 1. The largest absolute Gasteiger partial charge is 0.503 e. The number of carbonyl (C=O) groups is 1. The van der Waals surface area contributed by atoms with Crippen molar-refractivity contribution >= 4 is 28.1 Å². The molecule has 1 aromatic carbocycles. The van der Waals surface area contributed by atoms with Gasteiger partial charge in [-0.2, -0.15) is 5.10 Å². The van der Waals surface area contributed by atoms with E-state index in [1.807, 2.05) is 13.8 Å². The molecule has 2 N–H and O–H groups in total. The maximum atomic E-state index is 12.3. The van der Waals surface area contributed by atoms with Crippen LogP contribution >= 0.6 is 15.9 Å². The molecule has 1 heterocycles. The molecular formula is C17H18BrN3O4. The third-order valence-electron chi connectivity index (χ3n) is 3.47. The molecule has 0 atom stereocenters. The Morgan fingerprint density at radius 2 is 2.12 bits per heavy atom. The topological polar surface area (TPSA) is 92.9 Å². The summed E-state index contributed by atoms with van der Waals surface area (Å²) in [6.07, 6.45) is 2.98. The van der Waals surface area contributed by atoms with E-state index in [0.29, 0.717) is 15.8 Å². The van der Waals surface area contributed by atoms with Gasteiger partial charge < -0.3 is 14.4 Å². The third-order valence-corrected chi connectivity index (χ3v) is 4.31. The standard InChI is InChI=1S/C17H18BrN3O4/c1-10(2)21-8-4-5-12(17(21)24)16(23)20-19-9-11-6-7-13(25-3)15(22)14(11)18/h4-10,22H,1-3H3,(H,20,23)/b19-9-. The lowest BCUT2D eigenvalue weighted by Crippen LogP contribution is -2.31. The maximum absolute atomic E-state index is 12.3. The van der Waals surface area contributed by atoms with Crippen LogP contribution in [0.3, 0.4) is 0 Å². The molecule has 1 amide bonds. The number of amides is 1. The van der Waals surface area contributed by atoms with E-state index in [4.69, 9.17) is 4.74 Å². The fourth-order valence-corrected chi connectivity index (χ4v) is 2.57. The molecule has 0 aliphatic heterocycles. The Labute approximate surface area is 153 Å². The zero-order chi connectivity index (χ0) is 18.6. The molecule has 0 saturated heterocycles. The van der Waals surface area contributed by atoms with Gasteiger partial charge in [-0.05, 0) is 54.0 Å². The van der Waals surface area contributed by atoms with Gasteiger partial charge in [0.25, 0.3) is 11.5 Å². The van der Waals surface area contributed by atoms with Crippen LogP contribution in [0.5, 0.6) is 11.5 Å². The number of rotatable bonds is 5. The van der Waals surface area contributed by atoms with Gasteiger partial charge in [0.1, 0.15) is 5.56 Å². The zero-order valence-corrected chi connectivity index (χ0v) is 15.6. The highest BCUT2D eigenvalue weighted by molar-refractivity contribution is 9.10. The molecule has 0 aliphatic carbocycles. The minimum atomic E-state index is -0.606. The fourth-order valence-electron chi connectivity index (χ4n) is 2.14. The molecule has 25 heavy (non-hydrogen) atoms. The first-order valence-electron chi connectivity index (χ1n) is 7.46. The highest BCUT2D eigenvalue weighted by Crippen LogP contribution is 2.35. The normalized spacial score (nSPS) is 11.1. The first kappa shape index (κ1) is 18.7. The van der Waals surface area contributed by atoms with Gasteiger partial charge in [0, 0.05) is 17.8 Å². The number of carbonyl (C=O) groups excluding carboxylic acids is 1. The average molecular weight is 408 g/mol. The van der Waals surface area contributed by atoms with Crippen LogP contribution in [0.4, 0.5) is 0 Å². The zero-order valence-electron chi connectivity index (χ0n) is 14.0. The van der Waals surface area contributed by atoms with Crippen molar-refractivity contribution in [3.63, 3.8) is 0 Å². The lowest BCUT2D eigenvalue weighted by atomic mass is 10.2. The number of halogens is 1. The Morgan fingerprint density at radius 3 is 2.76 bits per heavy atom. The summed E-state index contributed by atoms with van der Waals surface area (Å²) in [5, 5.41) is 13.8. The predicted molar refractivity (Wildman–Crippen MR) is 98.5 cm³/mol. The molecule has 0 saturated carbocycles. The minimum Gasteiger partial charge on any atom is -0.503 e. The molecule has 0 fully saturated rings. The molecule has 132 valence electrons. The van der Waals surface area contributed by atoms with Gasteiger partial charge in [0.15, 0.2) is 11.5 Å². The number of phenols is 1. The van der Waals surface area contributed by atoms with Crippen molar-refractivity contribution in [2.24, 2.45) is 5.10 Å². The summed E-state index contributed by atoms with van der Waals surface area (Å²) in [6.45, 7) is 3.71. The summed E-state index contributed by atoms with van der Waals surface area (Å²) in [4.78, 5) is 24.4. The van der Waals surface area contributed by atoms with Crippen LogP contribution in [-0.4, -0.2) is 28.9 Å². The van der Waals surface area contributed by atoms with Gasteiger partial charge in [0.2, 0.25) is 0 Å². The monoisotopic (exact) mass is 407 g/mol. The third kappa shape index (κ3) is 4.08. The second kappa shape index (κ2) is 7.98. The number of aromatic hydroxyl groups is 1. The van der Waals surface area contributed by atoms with E-state index in [2.05, 4.69) is 26.5 Å². The fraction of sp³-hybridized carbons (Fsp3) is 0.235. The molecule has 0 spiro atoms. The summed E-state index contributed by atoms with van der Waals surface area (Å²) >= 11 is 3.23. The molecule has 8 heteroatoms. The van der Waals surface area contributed by atoms with Gasteiger partial charge in [-0.1, -0.05) is 0 Å². The summed E-state index contributed by atoms with van der Waals surface area (Å²) in [6, 6.07) is 6.26. The Bertz CT molecular complexity index is 875. The van der Waals surface area contributed by atoms with E-state index in [0.717, 1.165) is 0 Å². The van der Waals surface area contributed by atoms with Gasteiger partial charge in [-0.25, -0.2) is 5.43 Å². The van der Waals surface area contributed by atoms with Crippen LogP contribution in [0, 0.1) is 0 Å². The second-order valence-corrected chi connectivity index (χ2v) is 6.24. The lowest BCUT2D eigenvalue weighted by molar-refractivity contribution is 0.0953. The van der Waals surface area contributed by atoms with Crippen molar-refractivity contribution in [2.45, 2.75) is 19.9 Å². The van der Waals surface area contributed by atoms with Crippen LogP contribution in [0.1, 0.15) is 35.8 Å². The minimum absolute atomic E-state index is 0.00462. The highest BCUT2D eigenvalue weighted by atomic mass is 79.9. The Balaban J connectivity index is 2.18. The number of hydrazone groups is 1. The quantitative estimate of drug-likeness (QED) is 0.588. The first-order chi connectivity index (χ1) is 11.9. The summed E-state index contributed by atoms with van der Waals surface area (Å²) in [5.41, 5.74) is 2.47. The van der Waals surface area contributed by atoms with E-state index >= 15 is 0 Å². The van der Waals surface area contributed by atoms with E-state index in [9.17, 15) is 14.7 Å². The molecule has 2 aromatic rings. The van der Waals surface area contributed by atoms with Crippen molar-refractivity contribution < 1.29 is 14.6 Å². The number of pyridine rings is 1. The van der Waals surface area contributed by atoms with Crippen molar-refractivity contribution in [3.8, 4) is 11.5 Å². The summed E-state index contributed by atoms with van der Waals surface area (Å²) < 4.78 is 6.84. The van der Waals surface area contributed by atoms with Gasteiger partial charge in [0.05, 0.1) is 17.8 Å². The van der Waals surface area contributed by atoms with E-state index in [-0.39, 0.29) is 22.9 Å². The molecule has 0 bridgehead atoms. The first-order valence-corrected chi connectivity index (χ1v) is 8.26. The van der Waals surface area contributed by atoms with Crippen LogP contribution in [0.25, 0.3) is 0 Å². The summed E-state index contributed by atoms with van der Waals surface area (Å²) in [5.74, 6) is -0.364. The number of methoxy groups -OCH3 is 1. The highest BCUT2D eigenvalue weighted by Gasteiger charge is 2.13. The number of hydrogen-bond acceptors (Lipinski definition) is 5. The van der Waals surface area contributed by atoms with Gasteiger partial charge in [-0.3, -0.25) is 9.59 Å². The molecule has 2 rings (SSSR count). The number of nitrogens with zero attached hydrogens (tertiary/aromatic N) is 2.